The molecule has 1 fully saturated rings. The minimum absolute atomic E-state index is 0.112. The third-order valence-corrected chi connectivity index (χ3v) is 5.77. The average molecular weight is 437 g/mol. The van der Waals surface area contributed by atoms with Crippen LogP contribution in [-0.4, -0.2) is 36.1 Å². The van der Waals surface area contributed by atoms with Gasteiger partial charge in [0.15, 0.2) is 11.5 Å². The van der Waals surface area contributed by atoms with Crippen molar-refractivity contribution in [3.63, 3.8) is 0 Å². The van der Waals surface area contributed by atoms with Crippen LogP contribution in [0.5, 0.6) is 11.5 Å². The summed E-state index contributed by atoms with van der Waals surface area (Å²) in [6, 6.07) is 14.0. The van der Waals surface area contributed by atoms with Crippen molar-refractivity contribution in [1.29, 1.82) is 0 Å². The lowest BCUT2D eigenvalue weighted by Gasteiger charge is -2.24. The molecule has 8 heteroatoms. The number of urea groups is 1. The Balaban J connectivity index is 1.48. The number of carbonyl (C=O) groups is 3. The van der Waals surface area contributed by atoms with Crippen molar-refractivity contribution in [3.8, 4) is 11.5 Å². The molecule has 2 N–H and O–H groups in total. The zero-order chi connectivity index (χ0) is 22.9. The van der Waals surface area contributed by atoms with Crippen LogP contribution >= 0.6 is 0 Å². The van der Waals surface area contributed by atoms with Gasteiger partial charge in [0.25, 0.3) is 5.91 Å². The van der Waals surface area contributed by atoms with E-state index in [2.05, 4.69) is 24.5 Å². The fourth-order valence-corrected chi connectivity index (χ4v) is 4.06. The maximum Gasteiger partial charge on any atom is 0.325 e. The van der Waals surface area contributed by atoms with Crippen LogP contribution in [0.4, 0.5) is 4.79 Å². The molecule has 2 aromatic rings. The van der Waals surface area contributed by atoms with Crippen LogP contribution in [0, 0.1) is 5.92 Å². The second-order valence-electron chi connectivity index (χ2n) is 8.67. The molecule has 0 aromatic heterocycles. The fourth-order valence-electron chi connectivity index (χ4n) is 4.06. The maximum absolute atomic E-state index is 13.2. The number of benzene rings is 2. The number of nitrogens with one attached hydrogen (secondary N) is 2. The van der Waals surface area contributed by atoms with Crippen molar-refractivity contribution in [1.82, 2.24) is 15.5 Å². The van der Waals surface area contributed by atoms with Gasteiger partial charge < -0.3 is 20.1 Å². The van der Waals surface area contributed by atoms with Crippen molar-refractivity contribution in [2.24, 2.45) is 5.92 Å². The second kappa shape index (κ2) is 8.53. The standard InChI is InChI=1S/C24H27N3O5/c1-15(2)11-18(16-7-5-4-6-8-16)25-21(28)13-27-22(29)24(3,26-23(27)30)17-9-10-19-20(12-17)32-14-31-19/h4-10,12,15,18H,11,13-14H2,1-3H3,(H,25,28)(H,26,30). The van der Waals surface area contributed by atoms with Gasteiger partial charge in [0.1, 0.15) is 12.1 Å². The molecule has 2 aliphatic heterocycles. The molecule has 4 rings (SSSR count). The first-order valence-corrected chi connectivity index (χ1v) is 10.7. The predicted octanol–water partition coefficient (Wildman–Crippen LogP) is 3.09. The smallest absolute Gasteiger partial charge is 0.325 e. The van der Waals surface area contributed by atoms with Gasteiger partial charge in [-0.3, -0.25) is 14.5 Å². The molecule has 168 valence electrons. The van der Waals surface area contributed by atoms with Crippen LogP contribution < -0.4 is 20.1 Å². The van der Waals surface area contributed by atoms with E-state index in [1.54, 1.807) is 25.1 Å². The first-order valence-electron chi connectivity index (χ1n) is 10.7. The number of fused-ring (bicyclic) bond motifs is 1. The van der Waals surface area contributed by atoms with E-state index >= 15 is 0 Å². The quantitative estimate of drug-likeness (QED) is 0.649. The highest BCUT2D eigenvalue weighted by Gasteiger charge is 2.50. The number of hydrogen-bond acceptors (Lipinski definition) is 5. The van der Waals surface area contributed by atoms with E-state index in [1.165, 1.54) is 0 Å². The molecule has 2 atom stereocenters. The SMILES string of the molecule is CC(C)CC(NC(=O)CN1C(=O)NC(C)(c2ccc3c(c2)OCO3)C1=O)c1ccccc1. The van der Waals surface area contributed by atoms with Crippen molar-refractivity contribution in [3.05, 3.63) is 59.7 Å². The first kappa shape index (κ1) is 21.7. The monoisotopic (exact) mass is 437 g/mol. The molecule has 0 spiro atoms. The summed E-state index contributed by atoms with van der Waals surface area (Å²) in [5.74, 6) is 0.574. The predicted molar refractivity (Wildman–Crippen MR) is 117 cm³/mol. The van der Waals surface area contributed by atoms with Crippen LogP contribution in [0.25, 0.3) is 0 Å². The molecule has 1 saturated heterocycles. The molecule has 2 unspecified atom stereocenters. The van der Waals surface area contributed by atoms with E-state index in [1.807, 2.05) is 30.3 Å². The largest absolute Gasteiger partial charge is 0.454 e. The number of amides is 4. The van der Waals surface area contributed by atoms with Gasteiger partial charge in [0.2, 0.25) is 12.7 Å². The van der Waals surface area contributed by atoms with Crippen LogP contribution in [0.15, 0.2) is 48.5 Å². The van der Waals surface area contributed by atoms with E-state index in [0.29, 0.717) is 23.0 Å². The Kier molecular flexibility index (Phi) is 5.78. The highest BCUT2D eigenvalue weighted by Crippen LogP contribution is 2.37. The molecule has 4 amide bonds. The number of imide groups is 1. The minimum atomic E-state index is -1.30. The highest BCUT2D eigenvalue weighted by atomic mass is 16.7. The molecule has 32 heavy (non-hydrogen) atoms. The lowest BCUT2D eigenvalue weighted by Crippen LogP contribution is -2.44. The number of ether oxygens (including phenoxy) is 2. The molecule has 0 aliphatic carbocycles. The Morgan fingerprint density at radius 1 is 1.12 bits per heavy atom. The van der Waals surface area contributed by atoms with Gasteiger partial charge >= 0.3 is 6.03 Å². The summed E-state index contributed by atoms with van der Waals surface area (Å²) in [4.78, 5) is 39.6. The van der Waals surface area contributed by atoms with Gasteiger partial charge in [-0.15, -0.1) is 0 Å². The third-order valence-electron chi connectivity index (χ3n) is 5.77. The molecule has 0 bridgehead atoms. The van der Waals surface area contributed by atoms with E-state index in [9.17, 15) is 14.4 Å². The van der Waals surface area contributed by atoms with Gasteiger partial charge in [0.05, 0.1) is 6.04 Å². The lowest BCUT2D eigenvalue weighted by molar-refractivity contribution is -0.135. The Bertz CT molecular complexity index is 1040. The van der Waals surface area contributed by atoms with Crippen molar-refractivity contribution < 1.29 is 23.9 Å². The number of rotatable bonds is 7. The van der Waals surface area contributed by atoms with Gasteiger partial charge in [0, 0.05) is 0 Å². The summed E-state index contributed by atoms with van der Waals surface area (Å²) in [6.45, 7) is 5.54. The Labute approximate surface area is 186 Å². The molecule has 2 aliphatic rings. The average Bonchev–Trinajstić information content (AvgIpc) is 3.32. The van der Waals surface area contributed by atoms with Crippen molar-refractivity contribution >= 4 is 17.8 Å². The molecule has 0 saturated carbocycles. The summed E-state index contributed by atoms with van der Waals surface area (Å²) in [7, 11) is 0. The summed E-state index contributed by atoms with van der Waals surface area (Å²) in [6.07, 6.45) is 0.741. The summed E-state index contributed by atoms with van der Waals surface area (Å²) < 4.78 is 10.7. The third kappa shape index (κ3) is 4.12. The summed E-state index contributed by atoms with van der Waals surface area (Å²) in [5, 5.41) is 5.71. The lowest BCUT2D eigenvalue weighted by atomic mass is 9.91. The number of carbonyl (C=O) groups excluding carboxylic acids is 3. The number of nitrogens with zero attached hydrogens (tertiary/aromatic N) is 1. The van der Waals surface area contributed by atoms with E-state index < -0.39 is 23.4 Å². The van der Waals surface area contributed by atoms with Crippen LogP contribution in [0.1, 0.15) is 44.4 Å². The molecule has 2 aromatic carbocycles. The van der Waals surface area contributed by atoms with E-state index in [-0.39, 0.29) is 19.4 Å². The summed E-state index contributed by atoms with van der Waals surface area (Å²) in [5.41, 5.74) is 0.247. The molecule has 8 nitrogen and oxygen atoms in total. The van der Waals surface area contributed by atoms with Crippen LogP contribution in [-0.2, 0) is 15.1 Å². The van der Waals surface area contributed by atoms with Gasteiger partial charge in [-0.25, -0.2) is 4.79 Å². The van der Waals surface area contributed by atoms with E-state index in [4.69, 9.17) is 9.47 Å². The highest BCUT2D eigenvalue weighted by molar-refractivity contribution is 6.09. The topological polar surface area (TPSA) is 97.0 Å². The Morgan fingerprint density at radius 2 is 1.84 bits per heavy atom. The van der Waals surface area contributed by atoms with Crippen LogP contribution in [0.2, 0.25) is 0 Å². The van der Waals surface area contributed by atoms with Crippen LogP contribution in [0.3, 0.4) is 0 Å². The fraction of sp³-hybridized carbons (Fsp3) is 0.375. The maximum atomic E-state index is 13.2. The van der Waals surface area contributed by atoms with Gasteiger partial charge in [-0.05, 0) is 42.5 Å². The van der Waals surface area contributed by atoms with Crippen molar-refractivity contribution in [2.75, 3.05) is 13.3 Å². The zero-order valence-electron chi connectivity index (χ0n) is 18.4. The Hall–Kier alpha value is -3.55. The molecular weight excluding hydrogens is 410 g/mol. The Morgan fingerprint density at radius 3 is 2.56 bits per heavy atom. The minimum Gasteiger partial charge on any atom is -0.454 e. The zero-order valence-corrected chi connectivity index (χ0v) is 18.4. The van der Waals surface area contributed by atoms with Crippen molar-refractivity contribution in [2.45, 2.75) is 38.8 Å². The molecule has 0 radical (unpaired) electrons. The first-order chi connectivity index (χ1) is 15.3. The molecule has 2 heterocycles. The van der Waals surface area contributed by atoms with Gasteiger partial charge in [-0.2, -0.15) is 0 Å². The summed E-state index contributed by atoms with van der Waals surface area (Å²) >= 11 is 0. The number of hydrogen-bond donors (Lipinski definition) is 2. The van der Waals surface area contributed by atoms with E-state index in [0.717, 1.165) is 16.9 Å². The second-order valence-corrected chi connectivity index (χ2v) is 8.67. The molecular formula is C24H27N3O5. The van der Waals surface area contributed by atoms with Gasteiger partial charge in [-0.1, -0.05) is 50.2 Å². The normalized spacial score (nSPS) is 20.4.